The van der Waals surface area contributed by atoms with E-state index < -0.39 is 0 Å². The molecule has 27 heavy (non-hydrogen) atoms. The molecule has 1 fully saturated rings. The van der Waals surface area contributed by atoms with Gasteiger partial charge in [0.15, 0.2) is 0 Å². The second-order valence-electron chi connectivity index (χ2n) is 6.63. The van der Waals surface area contributed by atoms with Gasteiger partial charge in [-0.2, -0.15) is 5.10 Å². The fraction of sp³-hybridized carbons (Fsp3) is 0.316. The molecule has 6 nitrogen and oxygen atoms in total. The van der Waals surface area contributed by atoms with Crippen LogP contribution in [0.2, 0.25) is 0 Å². The number of halogens is 1. The number of carbonyl (C=O) groups excluding carboxylic acids is 2. The van der Waals surface area contributed by atoms with Gasteiger partial charge in [0, 0.05) is 44.2 Å². The highest BCUT2D eigenvalue weighted by molar-refractivity contribution is 7.20. The van der Waals surface area contributed by atoms with Gasteiger partial charge in [0.2, 0.25) is 0 Å². The predicted molar refractivity (Wildman–Crippen MR) is 102 cm³/mol. The first-order chi connectivity index (χ1) is 12.9. The molecule has 2 aromatic heterocycles. The summed E-state index contributed by atoms with van der Waals surface area (Å²) in [5, 5.41) is 5.37. The van der Waals surface area contributed by atoms with E-state index in [2.05, 4.69) is 5.10 Å². The number of piperazine rings is 1. The maximum Gasteiger partial charge on any atom is 0.264 e. The van der Waals surface area contributed by atoms with E-state index >= 15 is 0 Å². The van der Waals surface area contributed by atoms with Crippen molar-refractivity contribution in [1.82, 2.24) is 19.6 Å². The minimum Gasteiger partial charge on any atom is -0.335 e. The fourth-order valence-electron chi connectivity index (χ4n) is 3.35. The molecule has 3 aromatic rings. The van der Waals surface area contributed by atoms with Gasteiger partial charge in [-0.05, 0) is 37.3 Å². The molecular weight excluding hydrogens is 367 g/mol. The molecule has 1 aliphatic rings. The van der Waals surface area contributed by atoms with Gasteiger partial charge in [-0.25, -0.2) is 4.39 Å². The number of fused-ring (bicyclic) bond motifs is 1. The third kappa shape index (κ3) is 3.21. The third-order valence-corrected chi connectivity index (χ3v) is 6.04. The second kappa shape index (κ2) is 6.77. The van der Waals surface area contributed by atoms with Crippen LogP contribution in [-0.2, 0) is 7.05 Å². The molecular formula is C19H19FN4O2S. The van der Waals surface area contributed by atoms with Crippen LogP contribution < -0.4 is 0 Å². The van der Waals surface area contributed by atoms with Gasteiger partial charge in [0.25, 0.3) is 11.8 Å². The van der Waals surface area contributed by atoms with E-state index in [-0.39, 0.29) is 17.6 Å². The van der Waals surface area contributed by atoms with Gasteiger partial charge in [-0.15, -0.1) is 11.3 Å². The van der Waals surface area contributed by atoms with E-state index in [1.165, 1.54) is 35.6 Å². The number of hydrogen-bond acceptors (Lipinski definition) is 4. The van der Waals surface area contributed by atoms with Gasteiger partial charge in [0.1, 0.15) is 10.6 Å². The summed E-state index contributed by atoms with van der Waals surface area (Å²) in [6.07, 6.45) is 0. The number of amides is 2. The average molecular weight is 386 g/mol. The summed E-state index contributed by atoms with van der Waals surface area (Å²) in [6.45, 7) is 3.83. The lowest BCUT2D eigenvalue weighted by molar-refractivity contribution is 0.0538. The van der Waals surface area contributed by atoms with Crippen LogP contribution >= 0.6 is 11.3 Å². The smallest absolute Gasteiger partial charge is 0.264 e. The first-order valence-electron chi connectivity index (χ1n) is 8.71. The first-order valence-corrected chi connectivity index (χ1v) is 9.53. The van der Waals surface area contributed by atoms with Crippen molar-refractivity contribution in [2.75, 3.05) is 26.2 Å². The molecule has 0 radical (unpaired) electrons. The second-order valence-corrected chi connectivity index (χ2v) is 7.66. The number of aryl methyl sites for hydroxylation is 2. The normalized spacial score (nSPS) is 14.8. The Morgan fingerprint density at radius 2 is 1.63 bits per heavy atom. The van der Waals surface area contributed by atoms with Crippen molar-refractivity contribution in [2.24, 2.45) is 7.05 Å². The zero-order valence-electron chi connectivity index (χ0n) is 15.1. The zero-order valence-corrected chi connectivity index (χ0v) is 15.9. The largest absolute Gasteiger partial charge is 0.335 e. The van der Waals surface area contributed by atoms with Gasteiger partial charge in [-0.3, -0.25) is 14.3 Å². The highest BCUT2D eigenvalue weighted by atomic mass is 32.1. The molecule has 1 aliphatic heterocycles. The quantitative estimate of drug-likeness (QED) is 0.680. The monoisotopic (exact) mass is 386 g/mol. The Hall–Kier alpha value is -2.74. The molecule has 0 unspecified atom stereocenters. The van der Waals surface area contributed by atoms with E-state index in [0.29, 0.717) is 36.6 Å². The van der Waals surface area contributed by atoms with Crippen LogP contribution in [0.4, 0.5) is 4.39 Å². The highest BCUT2D eigenvalue weighted by Crippen LogP contribution is 2.28. The zero-order chi connectivity index (χ0) is 19.1. The summed E-state index contributed by atoms with van der Waals surface area (Å²) in [7, 11) is 1.87. The Morgan fingerprint density at radius 1 is 1.04 bits per heavy atom. The van der Waals surface area contributed by atoms with E-state index in [4.69, 9.17) is 0 Å². The number of aromatic nitrogens is 2. The van der Waals surface area contributed by atoms with Crippen molar-refractivity contribution in [2.45, 2.75) is 6.92 Å². The third-order valence-electron chi connectivity index (χ3n) is 4.85. The average Bonchev–Trinajstić information content (AvgIpc) is 3.23. The summed E-state index contributed by atoms with van der Waals surface area (Å²) in [4.78, 5) is 30.5. The Labute approximate surface area is 159 Å². The summed E-state index contributed by atoms with van der Waals surface area (Å²) < 4.78 is 14.8. The van der Waals surface area contributed by atoms with E-state index in [9.17, 15) is 14.0 Å². The van der Waals surface area contributed by atoms with E-state index in [1.807, 2.05) is 20.0 Å². The van der Waals surface area contributed by atoms with E-state index in [1.54, 1.807) is 14.5 Å². The number of benzene rings is 1. The van der Waals surface area contributed by atoms with Crippen LogP contribution in [0.3, 0.4) is 0 Å². The maximum atomic E-state index is 13.0. The van der Waals surface area contributed by atoms with Crippen molar-refractivity contribution in [3.8, 4) is 0 Å². The summed E-state index contributed by atoms with van der Waals surface area (Å²) in [5.74, 6) is -0.508. The number of hydrogen-bond donors (Lipinski definition) is 0. The molecule has 0 saturated carbocycles. The van der Waals surface area contributed by atoms with Crippen molar-refractivity contribution < 1.29 is 14.0 Å². The van der Waals surface area contributed by atoms with Gasteiger partial charge in [-0.1, -0.05) is 0 Å². The molecule has 4 rings (SSSR count). The Balaban J connectivity index is 1.43. The minimum absolute atomic E-state index is 0.00974. The van der Waals surface area contributed by atoms with Crippen LogP contribution in [0.15, 0.2) is 30.3 Å². The fourth-order valence-corrected chi connectivity index (χ4v) is 4.45. The molecule has 1 aromatic carbocycles. The van der Waals surface area contributed by atoms with Gasteiger partial charge in [0.05, 0.1) is 10.6 Å². The van der Waals surface area contributed by atoms with Gasteiger partial charge < -0.3 is 9.80 Å². The Bertz CT molecular complexity index is 982. The molecule has 0 atom stereocenters. The molecule has 8 heteroatoms. The first kappa shape index (κ1) is 17.7. The van der Waals surface area contributed by atoms with Crippen LogP contribution in [-0.4, -0.2) is 57.6 Å². The minimum atomic E-state index is -0.365. The van der Waals surface area contributed by atoms with Crippen LogP contribution in [0.1, 0.15) is 25.7 Å². The van der Waals surface area contributed by atoms with Crippen molar-refractivity contribution >= 4 is 33.4 Å². The van der Waals surface area contributed by atoms with E-state index in [0.717, 1.165) is 15.9 Å². The molecule has 1 saturated heterocycles. The predicted octanol–water partition coefficient (Wildman–Crippen LogP) is 2.68. The molecule has 0 N–H and O–H groups in total. The Morgan fingerprint density at radius 3 is 2.22 bits per heavy atom. The van der Waals surface area contributed by atoms with Crippen LogP contribution in [0.25, 0.3) is 10.2 Å². The Kier molecular flexibility index (Phi) is 4.43. The number of carbonyl (C=O) groups is 2. The molecule has 0 bridgehead atoms. The van der Waals surface area contributed by atoms with Gasteiger partial charge >= 0.3 is 0 Å². The topological polar surface area (TPSA) is 58.4 Å². The van der Waals surface area contributed by atoms with Crippen molar-refractivity contribution in [3.63, 3.8) is 0 Å². The molecule has 3 heterocycles. The lowest BCUT2D eigenvalue weighted by atomic mass is 10.1. The molecule has 0 spiro atoms. The van der Waals surface area contributed by atoms with Crippen LogP contribution in [0.5, 0.6) is 0 Å². The summed E-state index contributed by atoms with van der Waals surface area (Å²) >= 11 is 1.44. The maximum absolute atomic E-state index is 13.0. The summed E-state index contributed by atoms with van der Waals surface area (Å²) in [5.41, 5.74) is 1.38. The van der Waals surface area contributed by atoms with Crippen LogP contribution in [0, 0.1) is 12.7 Å². The standard InChI is InChI=1S/C19H19FN4O2S/c1-12-15-11-16(27-19(15)22(2)21-12)18(26)24-9-7-23(8-10-24)17(25)13-3-5-14(20)6-4-13/h3-6,11H,7-10H2,1-2H3. The SMILES string of the molecule is Cc1nn(C)c2sc(C(=O)N3CCN(C(=O)c4ccc(F)cc4)CC3)cc12. The summed E-state index contributed by atoms with van der Waals surface area (Å²) in [6, 6.07) is 7.45. The lowest BCUT2D eigenvalue weighted by Gasteiger charge is -2.34. The molecule has 140 valence electrons. The number of thiophene rings is 1. The number of nitrogens with zero attached hydrogens (tertiary/aromatic N) is 4. The highest BCUT2D eigenvalue weighted by Gasteiger charge is 2.27. The molecule has 0 aliphatic carbocycles. The van der Waals surface area contributed by atoms with Crippen molar-refractivity contribution in [1.29, 1.82) is 0 Å². The lowest BCUT2D eigenvalue weighted by Crippen LogP contribution is -2.50. The number of rotatable bonds is 2. The molecule has 2 amide bonds. The van der Waals surface area contributed by atoms with Crippen molar-refractivity contribution in [3.05, 3.63) is 52.3 Å².